The lowest BCUT2D eigenvalue weighted by atomic mass is 9.92. The van der Waals surface area contributed by atoms with Crippen molar-refractivity contribution >= 4 is 0 Å². The molecule has 15 heavy (non-hydrogen) atoms. The molecule has 0 spiro atoms. The summed E-state index contributed by atoms with van der Waals surface area (Å²) in [5, 5.41) is 0. The second-order valence-electron chi connectivity index (χ2n) is 4.61. The Labute approximate surface area is 90.8 Å². The fraction of sp³-hybridized carbons (Fsp3) is 0.538. The maximum Gasteiger partial charge on any atom is 0.0957 e. The van der Waals surface area contributed by atoms with Crippen LogP contribution in [0.2, 0.25) is 0 Å². The van der Waals surface area contributed by atoms with E-state index in [2.05, 4.69) is 30.1 Å². The van der Waals surface area contributed by atoms with Crippen molar-refractivity contribution in [1.29, 1.82) is 0 Å². The highest BCUT2D eigenvalue weighted by Gasteiger charge is 2.27. The number of ether oxygens (including phenoxy) is 1. The summed E-state index contributed by atoms with van der Waals surface area (Å²) in [7, 11) is 2.18. The number of hydrogen-bond donors (Lipinski definition) is 0. The van der Waals surface area contributed by atoms with Gasteiger partial charge in [-0.05, 0) is 36.6 Å². The van der Waals surface area contributed by atoms with Gasteiger partial charge in [-0.2, -0.15) is 0 Å². The molecule has 80 valence electrons. The van der Waals surface area contributed by atoms with E-state index in [0.717, 1.165) is 26.1 Å². The van der Waals surface area contributed by atoms with Gasteiger partial charge in [-0.3, -0.25) is 0 Å². The smallest absolute Gasteiger partial charge is 0.0957 e. The molecule has 2 heterocycles. The fourth-order valence-corrected chi connectivity index (χ4v) is 2.74. The molecule has 0 bridgehead atoms. The van der Waals surface area contributed by atoms with E-state index in [0.29, 0.717) is 6.10 Å². The largest absolute Gasteiger partial charge is 0.372 e. The monoisotopic (exact) mass is 203 g/mol. The maximum absolute atomic E-state index is 5.89. The summed E-state index contributed by atoms with van der Waals surface area (Å²) in [5.41, 5.74) is 4.51. The molecule has 0 amide bonds. The number of benzene rings is 1. The molecule has 0 N–H and O–H groups in total. The fourth-order valence-electron chi connectivity index (χ4n) is 2.74. The zero-order valence-corrected chi connectivity index (χ0v) is 9.20. The van der Waals surface area contributed by atoms with Crippen LogP contribution in [0.25, 0.3) is 0 Å². The molecule has 0 aromatic heterocycles. The molecule has 0 aliphatic carbocycles. The highest BCUT2D eigenvalue weighted by Crippen LogP contribution is 2.32. The van der Waals surface area contributed by atoms with Gasteiger partial charge in [-0.25, -0.2) is 0 Å². The molecule has 0 fully saturated rings. The van der Waals surface area contributed by atoms with E-state index in [4.69, 9.17) is 4.74 Å². The van der Waals surface area contributed by atoms with Crippen molar-refractivity contribution in [3.8, 4) is 0 Å². The van der Waals surface area contributed by atoms with Gasteiger partial charge in [-0.1, -0.05) is 18.2 Å². The van der Waals surface area contributed by atoms with Crippen LogP contribution in [0.4, 0.5) is 0 Å². The van der Waals surface area contributed by atoms with Gasteiger partial charge in [0.05, 0.1) is 12.7 Å². The second kappa shape index (κ2) is 3.62. The molecule has 2 aliphatic heterocycles. The van der Waals surface area contributed by atoms with Crippen LogP contribution in [-0.4, -0.2) is 31.6 Å². The first-order chi connectivity index (χ1) is 7.34. The van der Waals surface area contributed by atoms with Crippen molar-refractivity contribution in [2.24, 2.45) is 0 Å². The highest BCUT2D eigenvalue weighted by molar-refractivity contribution is 5.39. The van der Waals surface area contributed by atoms with Crippen LogP contribution in [0.5, 0.6) is 0 Å². The molecule has 1 aromatic carbocycles. The Morgan fingerprint density at radius 2 is 2.07 bits per heavy atom. The third-order valence-corrected chi connectivity index (χ3v) is 3.54. The van der Waals surface area contributed by atoms with Crippen LogP contribution in [0, 0.1) is 0 Å². The van der Waals surface area contributed by atoms with E-state index in [1.54, 1.807) is 0 Å². The molecule has 0 saturated carbocycles. The Bertz CT molecular complexity index is 375. The molecule has 0 saturated heterocycles. The number of likely N-dealkylation sites (N-methyl/N-ethyl adjacent to an activating group) is 1. The van der Waals surface area contributed by atoms with Crippen molar-refractivity contribution in [2.45, 2.75) is 18.9 Å². The van der Waals surface area contributed by atoms with Gasteiger partial charge < -0.3 is 9.64 Å². The number of rotatable bonds is 0. The molecule has 1 aromatic rings. The second-order valence-corrected chi connectivity index (χ2v) is 4.61. The molecule has 1 unspecified atom stereocenters. The summed E-state index contributed by atoms with van der Waals surface area (Å²) in [4.78, 5) is 2.37. The molecule has 2 nitrogen and oxygen atoms in total. The molecule has 3 rings (SSSR count). The predicted octanol–water partition coefficient (Wildman–Crippen LogP) is 1.79. The lowest BCUT2D eigenvalue weighted by molar-refractivity contribution is 0.0246. The topological polar surface area (TPSA) is 12.5 Å². The Kier molecular flexibility index (Phi) is 2.26. The minimum atomic E-state index is 0.317. The Hall–Kier alpha value is -0.860. The quantitative estimate of drug-likeness (QED) is 0.637. The standard InChI is InChI=1S/C13H17NO/c1-14-7-5-10-3-2-4-11-6-8-15-12(9-14)13(10)11/h2-4,12H,5-9H2,1H3. The minimum Gasteiger partial charge on any atom is -0.372 e. The maximum atomic E-state index is 5.89. The summed E-state index contributed by atoms with van der Waals surface area (Å²) < 4.78 is 5.89. The third-order valence-electron chi connectivity index (χ3n) is 3.54. The lowest BCUT2D eigenvalue weighted by Gasteiger charge is -2.28. The Morgan fingerprint density at radius 3 is 2.93 bits per heavy atom. The summed E-state index contributed by atoms with van der Waals surface area (Å²) >= 11 is 0. The van der Waals surface area contributed by atoms with E-state index in [1.165, 1.54) is 23.1 Å². The molecule has 2 heteroatoms. The first-order valence-corrected chi connectivity index (χ1v) is 5.75. The average Bonchev–Trinajstić information content (AvgIpc) is 2.41. The van der Waals surface area contributed by atoms with E-state index in [-0.39, 0.29) is 0 Å². The average molecular weight is 203 g/mol. The van der Waals surface area contributed by atoms with E-state index in [9.17, 15) is 0 Å². The van der Waals surface area contributed by atoms with Crippen LogP contribution >= 0.6 is 0 Å². The molecule has 1 atom stereocenters. The number of hydrogen-bond acceptors (Lipinski definition) is 2. The third kappa shape index (κ3) is 1.58. The van der Waals surface area contributed by atoms with Crippen molar-refractivity contribution in [3.05, 3.63) is 34.9 Å². The van der Waals surface area contributed by atoms with Gasteiger partial charge >= 0.3 is 0 Å². The van der Waals surface area contributed by atoms with Crippen LogP contribution in [0.15, 0.2) is 18.2 Å². The Balaban J connectivity index is 2.09. The summed E-state index contributed by atoms with van der Waals surface area (Å²) in [6.45, 7) is 3.08. The lowest BCUT2D eigenvalue weighted by Crippen LogP contribution is -2.27. The van der Waals surface area contributed by atoms with Gasteiger partial charge in [0.1, 0.15) is 0 Å². The molecule has 2 aliphatic rings. The molecular weight excluding hydrogens is 186 g/mol. The van der Waals surface area contributed by atoms with Crippen LogP contribution in [0.3, 0.4) is 0 Å². The SMILES string of the molecule is CN1CCc2cccc3c2C(C1)OCC3. The van der Waals surface area contributed by atoms with Gasteiger partial charge in [0, 0.05) is 13.1 Å². The zero-order chi connectivity index (χ0) is 10.3. The number of nitrogens with zero attached hydrogens (tertiary/aromatic N) is 1. The van der Waals surface area contributed by atoms with Crippen molar-refractivity contribution in [2.75, 3.05) is 26.7 Å². The van der Waals surface area contributed by atoms with Gasteiger partial charge in [-0.15, -0.1) is 0 Å². The van der Waals surface area contributed by atoms with Gasteiger partial charge in [0.15, 0.2) is 0 Å². The van der Waals surface area contributed by atoms with Crippen molar-refractivity contribution in [3.63, 3.8) is 0 Å². The van der Waals surface area contributed by atoms with Gasteiger partial charge in [0.25, 0.3) is 0 Å². The van der Waals surface area contributed by atoms with E-state index >= 15 is 0 Å². The minimum absolute atomic E-state index is 0.317. The first kappa shape index (κ1) is 9.37. The van der Waals surface area contributed by atoms with Crippen molar-refractivity contribution < 1.29 is 4.74 Å². The highest BCUT2D eigenvalue weighted by atomic mass is 16.5. The summed E-state index contributed by atoms with van der Waals surface area (Å²) in [6, 6.07) is 6.72. The molecule has 0 radical (unpaired) electrons. The first-order valence-electron chi connectivity index (χ1n) is 5.75. The summed E-state index contributed by atoms with van der Waals surface area (Å²) in [6.07, 6.45) is 2.57. The molecular formula is C13H17NO. The van der Waals surface area contributed by atoms with Crippen LogP contribution in [-0.2, 0) is 17.6 Å². The van der Waals surface area contributed by atoms with Crippen molar-refractivity contribution in [1.82, 2.24) is 4.90 Å². The summed E-state index contributed by atoms with van der Waals surface area (Å²) in [5.74, 6) is 0. The van der Waals surface area contributed by atoms with E-state index in [1.807, 2.05) is 0 Å². The van der Waals surface area contributed by atoms with Gasteiger partial charge in [0.2, 0.25) is 0 Å². The normalized spacial score (nSPS) is 25.8. The predicted molar refractivity (Wildman–Crippen MR) is 60.0 cm³/mol. The zero-order valence-electron chi connectivity index (χ0n) is 9.20. The van der Waals surface area contributed by atoms with Crippen LogP contribution in [0.1, 0.15) is 22.8 Å². The van der Waals surface area contributed by atoms with E-state index < -0.39 is 0 Å². The van der Waals surface area contributed by atoms with Crippen LogP contribution < -0.4 is 0 Å². The Morgan fingerprint density at radius 1 is 1.27 bits per heavy atom.